The Bertz CT molecular complexity index is 976. The average Bonchev–Trinajstić information content (AvgIpc) is 3.07. The third-order valence-electron chi connectivity index (χ3n) is 5.91. The normalized spacial score (nSPS) is 17.0. The summed E-state index contributed by atoms with van der Waals surface area (Å²) in [7, 11) is 0. The molecular weight excluding hydrogens is 403 g/mol. The van der Waals surface area contributed by atoms with Crippen molar-refractivity contribution in [2.75, 3.05) is 13.1 Å². The summed E-state index contributed by atoms with van der Waals surface area (Å²) in [6.07, 6.45) is 5.10. The Balaban J connectivity index is 1.52. The van der Waals surface area contributed by atoms with Crippen molar-refractivity contribution in [3.05, 3.63) is 63.8 Å². The zero-order valence-electron chi connectivity index (χ0n) is 16.9. The van der Waals surface area contributed by atoms with Crippen LogP contribution in [0.15, 0.2) is 42.5 Å². The predicted molar refractivity (Wildman–Crippen MR) is 122 cm³/mol. The highest BCUT2D eigenvalue weighted by molar-refractivity contribution is 6.35. The summed E-state index contributed by atoms with van der Waals surface area (Å²) in [6, 6.07) is 14.1. The molecule has 154 valence electrons. The number of fused-ring (bicyclic) bond motifs is 1. The van der Waals surface area contributed by atoms with Gasteiger partial charge in [0.25, 0.3) is 0 Å². The van der Waals surface area contributed by atoms with Crippen LogP contribution in [-0.2, 0) is 13.2 Å². The lowest BCUT2D eigenvalue weighted by Crippen LogP contribution is -2.29. The highest BCUT2D eigenvalue weighted by Gasteiger charge is 2.15. The van der Waals surface area contributed by atoms with E-state index in [2.05, 4.69) is 41.1 Å². The molecule has 1 aliphatic rings. The molecule has 0 radical (unpaired) electrons. The van der Waals surface area contributed by atoms with E-state index < -0.39 is 0 Å². The number of aryl methyl sites for hydroxylation is 2. The third-order valence-corrected chi connectivity index (χ3v) is 6.44. The molecule has 2 heterocycles. The van der Waals surface area contributed by atoms with Gasteiger partial charge in [-0.2, -0.15) is 0 Å². The maximum atomic E-state index is 6.29. The number of hydrogen-bond donors (Lipinski definition) is 1. The number of nitrogens with one attached hydrogen (secondary N) is 1. The van der Waals surface area contributed by atoms with Gasteiger partial charge in [0, 0.05) is 22.5 Å². The molecule has 0 bridgehead atoms. The fourth-order valence-electron chi connectivity index (χ4n) is 4.32. The van der Waals surface area contributed by atoms with Gasteiger partial charge in [0.1, 0.15) is 12.4 Å². The molecule has 0 saturated carbocycles. The molecule has 0 amide bonds. The van der Waals surface area contributed by atoms with Crippen molar-refractivity contribution in [2.24, 2.45) is 5.92 Å². The molecule has 29 heavy (non-hydrogen) atoms. The van der Waals surface area contributed by atoms with Crippen LogP contribution in [0.2, 0.25) is 10.0 Å². The number of piperidine rings is 1. The van der Waals surface area contributed by atoms with Gasteiger partial charge < -0.3 is 14.6 Å². The maximum Gasteiger partial charge on any atom is 0.138 e. The van der Waals surface area contributed by atoms with Crippen molar-refractivity contribution in [2.45, 2.75) is 45.8 Å². The van der Waals surface area contributed by atoms with Gasteiger partial charge in [-0.1, -0.05) is 35.3 Å². The Morgan fingerprint density at radius 3 is 2.86 bits per heavy atom. The summed E-state index contributed by atoms with van der Waals surface area (Å²) in [4.78, 5) is 0. The quantitative estimate of drug-likeness (QED) is 0.455. The number of halogens is 2. The predicted octanol–water partition coefficient (Wildman–Crippen LogP) is 6.62. The van der Waals surface area contributed by atoms with Crippen molar-refractivity contribution in [1.29, 1.82) is 0 Å². The largest absolute Gasteiger partial charge is 0.486 e. The summed E-state index contributed by atoms with van der Waals surface area (Å²) in [5.74, 6) is 1.47. The SMILES string of the molecule is Cc1cccc2c1cc(COc1ccc(Cl)cc1Cl)n2CCCC1CCCNC1. The first-order chi connectivity index (χ1) is 14.1. The van der Waals surface area contributed by atoms with Gasteiger partial charge in [-0.05, 0) is 87.5 Å². The Labute approximate surface area is 183 Å². The molecule has 1 aliphatic heterocycles. The zero-order valence-corrected chi connectivity index (χ0v) is 18.4. The number of ether oxygens (including phenoxy) is 1. The van der Waals surface area contributed by atoms with E-state index in [0.717, 1.165) is 19.0 Å². The van der Waals surface area contributed by atoms with Gasteiger partial charge in [-0.3, -0.25) is 0 Å². The molecule has 4 rings (SSSR count). The van der Waals surface area contributed by atoms with E-state index in [1.807, 2.05) is 6.07 Å². The summed E-state index contributed by atoms with van der Waals surface area (Å²) >= 11 is 12.3. The molecular formula is C24H28Cl2N2O. The number of benzene rings is 2. The average molecular weight is 431 g/mol. The molecule has 1 saturated heterocycles. The molecule has 5 heteroatoms. The van der Waals surface area contributed by atoms with E-state index >= 15 is 0 Å². The van der Waals surface area contributed by atoms with E-state index in [1.54, 1.807) is 12.1 Å². The smallest absolute Gasteiger partial charge is 0.138 e. The summed E-state index contributed by atoms with van der Waals surface area (Å²) in [5.41, 5.74) is 3.76. The molecule has 3 nitrogen and oxygen atoms in total. The summed E-state index contributed by atoms with van der Waals surface area (Å²) < 4.78 is 8.48. The second kappa shape index (κ2) is 9.42. The van der Waals surface area contributed by atoms with Crippen LogP contribution >= 0.6 is 23.2 Å². The van der Waals surface area contributed by atoms with Crippen molar-refractivity contribution in [1.82, 2.24) is 9.88 Å². The lowest BCUT2D eigenvalue weighted by Gasteiger charge is -2.23. The molecule has 1 N–H and O–H groups in total. The molecule has 2 aromatic carbocycles. The highest BCUT2D eigenvalue weighted by atomic mass is 35.5. The monoisotopic (exact) mass is 430 g/mol. The van der Waals surface area contributed by atoms with Crippen molar-refractivity contribution in [3.63, 3.8) is 0 Å². The fraction of sp³-hybridized carbons (Fsp3) is 0.417. The van der Waals surface area contributed by atoms with Gasteiger partial charge in [-0.25, -0.2) is 0 Å². The van der Waals surface area contributed by atoms with Crippen molar-refractivity contribution >= 4 is 34.1 Å². The van der Waals surface area contributed by atoms with E-state index in [0.29, 0.717) is 22.4 Å². The van der Waals surface area contributed by atoms with E-state index in [9.17, 15) is 0 Å². The van der Waals surface area contributed by atoms with Crippen molar-refractivity contribution < 1.29 is 4.74 Å². The van der Waals surface area contributed by atoms with E-state index in [1.165, 1.54) is 54.4 Å². The first-order valence-corrected chi connectivity index (χ1v) is 11.2. The first kappa shape index (κ1) is 20.6. The number of aromatic nitrogens is 1. The molecule has 1 unspecified atom stereocenters. The van der Waals surface area contributed by atoms with Gasteiger partial charge in [-0.15, -0.1) is 0 Å². The number of nitrogens with zero attached hydrogens (tertiary/aromatic N) is 1. The number of rotatable bonds is 7. The van der Waals surface area contributed by atoms with Crippen LogP contribution < -0.4 is 10.1 Å². The molecule has 0 aliphatic carbocycles. The first-order valence-electron chi connectivity index (χ1n) is 10.5. The van der Waals surface area contributed by atoms with Gasteiger partial charge in [0.2, 0.25) is 0 Å². The third kappa shape index (κ3) is 4.91. The molecule has 1 aromatic heterocycles. The van der Waals surface area contributed by atoms with Crippen LogP contribution in [0.5, 0.6) is 5.75 Å². The van der Waals surface area contributed by atoms with Crippen LogP contribution in [0.1, 0.15) is 36.9 Å². The van der Waals surface area contributed by atoms with E-state index in [4.69, 9.17) is 27.9 Å². The Kier molecular flexibility index (Phi) is 6.69. The molecule has 1 fully saturated rings. The van der Waals surface area contributed by atoms with Crippen LogP contribution in [0, 0.1) is 12.8 Å². The summed E-state index contributed by atoms with van der Waals surface area (Å²) in [5, 5.41) is 5.98. The van der Waals surface area contributed by atoms with Crippen LogP contribution in [0.4, 0.5) is 0 Å². The Morgan fingerprint density at radius 2 is 2.07 bits per heavy atom. The minimum absolute atomic E-state index is 0.487. The number of hydrogen-bond acceptors (Lipinski definition) is 2. The highest BCUT2D eigenvalue weighted by Crippen LogP contribution is 2.30. The second-order valence-electron chi connectivity index (χ2n) is 8.01. The van der Waals surface area contributed by atoms with Gasteiger partial charge >= 0.3 is 0 Å². The lowest BCUT2D eigenvalue weighted by molar-refractivity contribution is 0.293. The van der Waals surface area contributed by atoms with Crippen LogP contribution in [0.25, 0.3) is 10.9 Å². The standard InChI is InChI=1S/C24H28Cl2N2O/c1-17-5-2-8-23-21(17)14-20(16-29-24-10-9-19(25)13-22(24)26)28(23)12-4-7-18-6-3-11-27-15-18/h2,5,8-10,13-14,18,27H,3-4,6-7,11-12,15-16H2,1H3. The van der Waals surface area contributed by atoms with Gasteiger partial charge in [0.05, 0.1) is 10.7 Å². The second-order valence-corrected chi connectivity index (χ2v) is 8.86. The van der Waals surface area contributed by atoms with Crippen molar-refractivity contribution in [3.8, 4) is 5.75 Å². The maximum absolute atomic E-state index is 6.29. The summed E-state index contributed by atoms with van der Waals surface area (Å²) in [6.45, 7) is 6.00. The van der Waals surface area contributed by atoms with Gasteiger partial charge in [0.15, 0.2) is 0 Å². The zero-order chi connectivity index (χ0) is 20.2. The Hall–Kier alpha value is -1.68. The molecule has 3 aromatic rings. The van der Waals surface area contributed by atoms with E-state index in [-0.39, 0.29) is 0 Å². The van der Waals surface area contributed by atoms with Crippen LogP contribution in [0.3, 0.4) is 0 Å². The Morgan fingerprint density at radius 1 is 1.17 bits per heavy atom. The minimum Gasteiger partial charge on any atom is -0.486 e. The van der Waals surface area contributed by atoms with Crippen LogP contribution in [-0.4, -0.2) is 17.7 Å². The molecule has 0 spiro atoms. The topological polar surface area (TPSA) is 26.2 Å². The minimum atomic E-state index is 0.487. The lowest BCUT2D eigenvalue weighted by atomic mass is 9.95. The fourth-order valence-corrected chi connectivity index (χ4v) is 4.79. The molecule has 1 atom stereocenters.